The van der Waals surface area contributed by atoms with Gasteiger partial charge >= 0.3 is 0 Å². The van der Waals surface area contributed by atoms with Gasteiger partial charge in [-0.05, 0) is 30.0 Å². The Bertz CT molecular complexity index is 905. The van der Waals surface area contributed by atoms with Crippen LogP contribution in [0.25, 0.3) is 10.8 Å². The number of rotatable bonds is 4. The van der Waals surface area contributed by atoms with Crippen LogP contribution < -0.4 is 15.4 Å². The number of ether oxygens (including phenoxy) is 1. The van der Waals surface area contributed by atoms with Gasteiger partial charge in [-0.2, -0.15) is 0 Å². The molecule has 0 fully saturated rings. The zero-order valence-electron chi connectivity index (χ0n) is 14.2. The Balaban J connectivity index is 1.49. The van der Waals surface area contributed by atoms with Crippen molar-refractivity contribution in [2.75, 3.05) is 18.5 Å². The summed E-state index contributed by atoms with van der Waals surface area (Å²) in [6.07, 6.45) is 0. The fourth-order valence-corrected chi connectivity index (χ4v) is 3.15. The van der Waals surface area contributed by atoms with Gasteiger partial charge in [0.2, 0.25) is 0 Å². The fraction of sp³-hybridized carbons (Fsp3) is 0.190. The average molecular weight is 331 g/mol. The number of nitrogens with zero attached hydrogens (tertiary/aromatic N) is 1. The molecule has 0 saturated carbocycles. The molecule has 126 valence electrons. The van der Waals surface area contributed by atoms with Crippen molar-refractivity contribution >= 4 is 22.4 Å². The summed E-state index contributed by atoms with van der Waals surface area (Å²) in [7, 11) is 0. The van der Waals surface area contributed by atoms with Crippen LogP contribution >= 0.6 is 0 Å². The van der Waals surface area contributed by atoms with Gasteiger partial charge in [-0.1, -0.05) is 54.6 Å². The highest BCUT2D eigenvalue weighted by molar-refractivity contribution is 6.06. The van der Waals surface area contributed by atoms with Gasteiger partial charge in [-0.3, -0.25) is 0 Å². The zero-order chi connectivity index (χ0) is 17.1. The van der Waals surface area contributed by atoms with Crippen LogP contribution in [0.4, 0.5) is 5.69 Å². The summed E-state index contributed by atoms with van der Waals surface area (Å²) in [6.45, 7) is 3.30. The minimum absolute atomic E-state index is 0.217. The van der Waals surface area contributed by atoms with Crippen molar-refractivity contribution in [3.05, 3.63) is 72.3 Å². The molecule has 0 amide bonds. The first-order chi connectivity index (χ1) is 12.3. The van der Waals surface area contributed by atoms with E-state index in [0.29, 0.717) is 13.2 Å². The molecule has 4 nitrogen and oxygen atoms in total. The molecular formula is C21H21N3O. The van der Waals surface area contributed by atoms with Gasteiger partial charge in [-0.25, -0.2) is 4.99 Å². The monoisotopic (exact) mass is 331 g/mol. The third kappa shape index (κ3) is 3.29. The SMILES string of the molecule is CC1NC(=NCCOc2ccccc2)Nc2c1ccc1ccccc21. The van der Waals surface area contributed by atoms with E-state index in [1.54, 1.807) is 0 Å². The second-order valence-electron chi connectivity index (χ2n) is 6.13. The second-order valence-corrected chi connectivity index (χ2v) is 6.13. The highest BCUT2D eigenvalue weighted by Gasteiger charge is 2.20. The van der Waals surface area contributed by atoms with Crippen molar-refractivity contribution in [1.29, 1.82) is 0 Å². The Morgan fingerprint density at radius 3 is 2.64 bits per heavy atom. The van der Waals surface area contributed by atoms with Crippen molar-refractivity contribution in [3.63, 3.8) is 0 Å². The molecule has 1 aliphatic heterocycles. The number of hydrogen-bond acceptors (Lipinski definition) is 2. The van der Waals surface area contributed by atoms with Crippen LogP contribution in [-0.4, -0.2) is 19.1 Å². The largest absolute Gasteiger partial charge is 0.492 e. The Hall–Kier alpha value is -3.01. The summed E-state index contributed by atoms with van der Waals surface area (Å²) in [5.74, 6) is 1.67. The number of aliphatic imine (C=N–C) groups is 1. The second kappa shape index (κ2) is 6.85. The van der Waals surface area contributed by atoms with E-state index in [1.807, 2.05) is 30.3 Å². The molecule has 4 heteroatoms. The van der Waals surface area contributed by atoms with Crippen molar-refractivity contribution in [3.8, 4) is 5.75 Å². The number of hydrogen-bond donors (Lipinski definition) is 2. The number of guanidine groups is 1. The third-order valence-corrected chi connectivity index (χ3v) is 4.40. The van der Waals surface area contributed by atoms with Gasteiger partial charge in [0.05, 0.1) is 18.3 Å². The van der Waals surface area contributed by atoms with Crippen LogP contribution in [0.15, 0.2) is 71.7 Å². The van der Waals surface area contributed by atoms with Gasteiger partial charge in [0.15, 0.2) is 5.96 Å². The summed E-state index contributed by atoms with van der Waals surface area (Å²) in [4.78, 5) is 4.62. The highest BCUT2D eigenvalue weighted by Crippen LogP contribution is 2.33. The van der Waals surface area contributed by atoms with E-state index in [4.69, 9.17) is 4.74 Å². The van der Waals surface area contributed by atoms with Crippen LogP contribution in [0, 0.1) is 0 Å². The van der Waals surface area contributed by atoms with Crippen LogP contribution in [0.3, 0.4) is 0 Å². The molecule has 25 heavy (non-hydrogen) atoms. The maximum Gasteiger partial charge on any atom is 0.196 e. The van der Waals surface area contributed by atoms with Crippen LogP contribution in [-0.2, 0) is 0 Å². The summed E-state index contributed by atoms with van der Waals surface area (Å²) < 4.78 is 5.70. The molecule has 0 spiro atoms. The van der Waals surface area contributed by atoms with Gasteiger partial charge in [-0.15, -0.1) is 0 Å². The van der Waals surface area contributed by atoms with Crippen LogP contribution in [0.1, 0.15) is 18.5 Å². The molecule has 1 atom stereocenters. The minimum atomic E-state index is 0.217. The molecule has 4 rings (SSSR count). The normalized spacial score (nSPS) is 17.6. The van der Waals surface area contributed by atoms with Gasteiger partial charge in [0.1, 0.15) is 12.4 Å². The smallest absolute Gasteiger partial charge is 0.196 e. The average Bonchev–Trinajstić information content (AvgIpc) is 2.66. The molecule has 0 aliphatic carbocycles. The first kappa shape index (κ1) is 15.5. The number of fused-ring (bicyclic) bond motifs is 3. The van der Waals surface area contributed by atoms with Crippen molar-refractivity contribution in [1.82, 2.24) is 5.32 Å². The Morgan fingerprint density at radius 1 is 0.960 bits per heavy atom. The molecule has 0 saturated heterocycles. The highest BCUT2D eigenvalue weighted by atomic mass is 16.5. The quantitative estimate of drug-likeness (QED) is 0.699. The molecule has 1 heterocycles. The Labute approximate surface area is 147 Å². The van der Waals surface area contributed by atoms with Gasteiger partial charge in [0.25, 0.3) is 0 Å². The lowest BCUT2D eigenvalue weighted by molar-refractivity contribution is 0.328. The molecule has 1 aliphatic rings. The van der Waals surface area contributed by atoms with E-state index in [-0.39, 0.29) is 6.04 Å². The summed E-state index contributed by atoms with van der Waals surface area (Å²) in [6, 6.07) is 22.8. The molecule has 3 aromatic rings. The number of para-hydroxylation sites is 1. The van der Waals surface area contributed by atoms with E-state index >= 15 is 0 Å². The predicted octanol–water partition coefficient (Wildman–Crippen LogP) is 4.35. The minimum Gasteiger partial charge on any atom is -0.492 e. The van der Waals surface area contributed by atoms with Crippen molar-refractivity contribution in [2.45, 2.75) is 13.0 Å². The van der Waals surface area contributed by atoms with Crippen LogP contribution in [0.5, 0.6) is 5.75 Å². The summed E-state index contributed by atoms with van der Waals surface area (Å²) >= 11 is 0. The topological polar surface area (TPSA) is 45.7 Å². The third-order valence-electron chi connectivity index (χ3n) is 4.40. The van der Waals surface area contributed by atoms with E-state index in [1.165, 1.54) is 16.3 Å². The van der Waals surface area contributed by atoms with E-state index in [2.05, 4.69) is 58.9 Å². The van der Waals surface area contributed by atoms with Crippen molar-refractivity contribution in [2.24, 2.45) is 4.99 Å². The lowest BCUT2D eigenvalue weighted by Gasteiger charge is -2.28. The number of benzene rings is 3. The Kier molecular flexibility index (Phi) is 4.25. The molecular weight excluding hydrogens is 310 g/mol. The zero-order valence-corrected chi connectivity index (χ0v) is 14.2. The number of nitrogens with one attached hydrogen (secondary N) is 2. The van der Waals surface area contributed by atoms with E-state index in [0.717, 1.165) is 17.4 Å². The number of anilines is 1. The Morgan fingerprint density at radius 2 is 1.76 bits per heavy atom. The van der Waals surface area contributed by atoms with Gasteiger partial charge < -0.3 is 15.4 Å². The molecule has 0 aromatic heterocycles. The molecule has 2 N–H and O–H groups in total. The molecule has 1 unspecified atom stereocenters. The molecule has 0 bridgehead atoms. The molecule has 3 aromatic carbocycles. The van der Waals surface area contributed by atoms with Crippen LogP contribution in [0.2, 0.25) is 0 Å². The lowest BCUT2D eigenvalue weighted by Crippen LogP contribution is -2.38. The molecule has 0 radical (unpaired) electrons. The maximum absolute atomic E-state index is 5.70. The van der Waals surface area contributed by atoms with Crippen molar-refractivity contribution < 1.29 is 4.74 Å². The van der Waals surface area contributed by atoms with E-state index < -0.39 is 0 Å². The maximum atomic E-state index is 5.70. The summed E-state index contributed by atoms with van der Waals surface area (Å²) in [5.41, 5.74) is 2.41. The van der Waals surface area contributed by atoms with Gasteiger partial charge in [0, 0.05) is 5.39 Å². The first-order valence-electron chi connectivity index (χ1n) is 8.59. The lowest BCUT2D eigenvalue weighted by atomic mass is 9.98. The summed E-state index contributed by atoms with van der Waals surface area (Å²) in [5, 5.41) is 9.33. The fourth-order valence-electron chi connectivity index (χ4n) is 3.15. The first-order valence-corrected chi connectivity index (χ1v) is 8.59. The standard InChI is InChI=1S/C21H21N3O/c1-15-18-12-11-16-7-5-6-10-19(16)20(18)24-21(23-15)22-13-14-25-17-8-3-2-4-9-17/h2-12,15H,13-14H2,1H3,(H2,22,23,24). The van der Waals surface area contributed by atoms with E-state index in [9.17, 15) is 0 Å². The predicted molar refractivity (Wildman–Crippen MR) is 103 cm³/mol.